The number of fused-ring (bicyclic) bond motifs is 1. The number of hydrogen-bond acceptors (Lipinski definition) is 5. The molecule has 4 rings (SSSR count). The minimum absolute atomic E-state index is 0. The Labute approximate surface area is 211 Å². The van der Waals surface area contributed by atoms with Gasteiger partial charge in [-0.15, -0.1) is 11.8 Å². The highest BCUT2D eigenvalue weighted by atomic mass is 32.2. The lowest BCUT2D eigenvalue weighted by atomic mass is 9.99. The molecule has 11 heteroatoms. The van der Waals surface area contributed by atoms with Crippen LogP contribution in [0.25, 0.3) is 15.7 Å². The quantitative estimate of drug-likeness (QED) is 0.278. The molecule has 33 heavy (non-hydrogen) atoms. The van der Waals surface area contributed by atoms with E-state index < -0.39 is 4.92 Å². The second-order valence-corrected chi connectivity index (χ2v) is 8.40. The van der Waals surface area contributed by atoms with Crippen molar-refractivity contribution in [2.24, 2.45) is 5.92 Å². The Hall–Kier alpha value is -2.81. The lowest BCUT2D eigenvalue weighted by molar-refractivity contribution is -0.384. The highest BCUT2D eigenvalue weighted by Gasteiger charge is 2.35. The predicted octanol–water partition coefficient (Wildman–Crippen LogP) is 5.30. The van der Waals surface area contributed by atoms with Crippen molar-refractivity contribution >= 4 is 61.3 Å². The van der Waals surface area contributed by atoms with Gasteiger partial charge in [-0.25, -0.2) is 6.57 Å². The molecule has 0 aliphatic carbocycles. The van der Waals surface area contributed by atoms with Gasteiger partial charge in [-0.05, 0) is 42.3 Å². The van der Waals surface area contributed by atoms with Gasteiger partial charge in [-0.2, -0.15) is 27.0 Å². The van der Waals surface area contributed by atoms with Crippen molar-refractivity contribution in [1.82, 2.24) is 9.88 Å². The van der Waals surface area contributed by atoms with Gasteiger partial charge in [-0.3, -0.25) is 24.7 Å². The fraction of sp³-hybridized carbons (Fsp3) is 0.273. The van der Waals surface area contributed by atoms with Gasteiger partial charge < -0.3 is 9.72 Å². The van der Waals surface area contributed by atoms with Crippen LogP contribution in [0.3, 0.4) is 0 Å². The van der Waals surface area contributed by atoms with Crippen LogP contribution in [0.1, 0.15) is 13.9 Å². The van der Waals surface area contributed by atoms with Crippen molar-refractivity contribution in [1.29, 1.82) is 0 Å². The predicted molar refractivity (Wildman–Crippen MR) is 142 cm³/mol. The minimum Gasteiger partial charge on any atom is -0.457 e. The molecule has 2 atom stereocenters. The zero-order valence-electron chi connectivity index (χ0n) is 17.8. The lowest BCUT2D eigenvalue weighted by Crippen LogP contribution is -2.38. The van der Waals surface area contributed by atoms with E-state index in [-0.39, 0.29) is 52.1 Å². The third-order valence-electron chi connectivity index (χ3n) is 5.26. The van der Waals surface area contributed by atoms with E-state index in [1.54, 1.807) is 28.8 Å². The molecule has 0 unspecified atom stereocenters. The van der Waals surface area contributed by atoms with Crippen molar-refractivity contribution in [2.75, 3.05) is 11.6 Å². The summed E-state index contributed by atoms with van der Waals surface area (Å²) in [6, 6.07) is 11.5. The van der Waals surface area contributed by atoms with Crippen molar-refractivity contribution < 1.29 is 15.9 Å². The van der Waals surface area contributed by atoms with E-state index in [0.717, 1.165) is 16.5 Å². The molecule has 0 saturated carbocycles. The van der Waals surface area contributed by atoms with Gasteiger partial charge in [0.2, 0.25) is 5.91 Å². The molecule has 8 nitrogen and oxygen atoms in total. The summed E-state index contributed by atoms with van der Waals surface area (Å²) in [5.74, 6) is 2.09. The van der Waals surface area contributed by atoms with E-state index >= 15 is 0 Å². The Morgan fingerprint density at radius 1 is 1.33 bits per heavy atom. The largest absolute Gasteiger partial charge is 0.457 e. The molecule has 0 bridgehead atoms. The van der Waals surface area contributed by atoms with Crippen molar-refractivity contribution in [2.45, 2.75) is 19.5 Å². The van der Waals surface area contributed by atoms with E-state index in [2.05, 4.69) is 9.83 Å². The number of thioether (sulfide) groups is 1. The van der Waals surface area contributed by atoms with Gasteiger partial charge in [-0.1, -0.05) is 6.92 Å². The normalized spacial score (nSPS) is 15.8. The molecule has 1 aromatic heterocycles. The van der Waals surface area contributed by atoms with Gasteiger partial charge >= 0.3 is 6.17 Å². The van der Waals surface area contributed by atoms with Crippen molar-refractivity contribution in [3.8, 4) is 11.5 Å². The summed E-state index contributed by atoms with van der Waals surface area (Å²) in [6.07, 6.45) is 2.07. The highest BCUT2D eigenvalue weighted by Crippen LogP contribution is 2.30. The molecular formula is C22H26N4O4S3. The van der Waals surface area contributed by atoms with E-state index in [1.807, 2.05) is 31.3 Å². The number of carbonyl (C=O) groups is 1. The van der Waals surface area contributed by atoms with Crippen LogP contribution in [-0.4, -0.2) is 38.5 Å². The zero-order chi connectivity index (χ0) is 22.0. The molecule has 0 radical (unpaired) electrons. The van der Waals surface area contributed by atoms with E-state index in [1.165, 1.54) is 12.1 Å². The Bertz CT molecular complexity index is 1180. The molecule has 2 heterocycles. The van der Waals surface area contributed by atoms with Crippen LogP contribution in [0.15, 0.2) is 48.7 Å². The fourth-order valence-electron chi connectivity index (χ4n) is 3.61. The molecule has 0 spiro atoms. The highest BCUT2D eigenvalue weighted by molar-refractivity contribution is 7.99. The number of nitro groups is 1. The van der Waals surface area contributed by atoms with E-state index in [9.17, 15) is 14.9 Å². The Kier molecular flexibility index (Phi) is 9.10. The van der Waals surface area contributed by atoms with Crippen LogP contribution in [0.4, 0.5) is 5.69 Å². The van der Waals surface area contributed by atoms with Crippen LogP contribution in [-0.2, 0) is 11.2 Å². The Balaban J connectivity index is 0.00000193. The van der Waals surface area contributed by atoms with Gasteiger partial charge in [0, 0.05) is 36.6 Å². The lowest BCUT2D eigenvalue weighted by Gasteiger charge is -2.20. The number of non-ortho nitro benzene ring substituents is 1. The molecule has 2 aromatic carbocycles. The van der Waals surface area contributed by atoms with Gasteiger partial charge in [0.25, 0.3) is 5.69 Å². The van der Waals surface area contributed by atoms with E-state index in [4.69, 9.17) is 11.3 Å². The van der Waals surface area contributed by atoms with E-state index in [0.29, 0.717) is 29.5 Å². The Morgan fingerprint density at radius 2 is 2.03 bits per heavy atom. The second kappa shape index (κ2) is 11.4. The number of rotatable bonds is 6. The zero-order valence-corrected chi connectivity index (χ0v) is 20.6. The van der Waals surface area contributed by atoms with Crippen LogP contribution in [0, 0.1) is 22.6 Å². The third-order valence-corrected chi connectivity index (χ3v) is 6.25. The van der Waals surface area contributed by atoms with Crippen molar-refractivity contribution in [3.63, 3.8) is 0 Å². The molecular weight excluding hydrogens is 480 g/mol. The number of nitrogens with one attached hydrogen (secondary N) is 1. The number of ether oxygens (including phenoxy) is 1. The number of hydrogen-bond donors (Lipinski definition) is 1. The van der Waals surface area contributed by atoms with Crippen LogP contribution >= 0.6 is 38.8 Å². The first-order valence-electron chi connectivity index (χ1n) is 9.73. The molecule has 1 aliphatic rings. The first-order valence-corrected chi connectivity index (χ1v) is 10.9. The fourth-order valence-corrected chi connectivity index (χ4v) is 4.68. The molecule has 1 fully saturated rings. The molecule has 1 aliphatic heterocycles. The number of carbonyl (C=O) groups excluding carboxylic acids is 1. The van der Waals surface area contributed by atoms with Gasteiger partial charge in [0.15, 0.2) is 0 Å². The minimum atomic E-state index is -0.453. The first-order chi connectivity index (χ1) is 15.0. The average Bonchev–Trinajstić information content (AvgIpc) is 3.40. The molecule has 1 saturated heterocycles. The molecule has 1 N–H and O–H groups in total. The smallest absolute Gasteiger partial charge is 0.310 e. The molecule has 3 aromatic rings. The summed E-state index contributed by atoms with van der Waals surface area (Å²) >= 11 is 1.61. The summed E-state index contributed by atoms with van der Waals surface area (Å²) in [5, 5.41) is 11.8. The number of benzene rings is 2. The molecule has 1 amide bonds. The standard InChI is InChI=1S/C22H20N4O4S.2H2S.H2/c1-14(22(27)25-13-31-12-21(25)23-2)9-15-11-24-20-8-7-18(10-19(15)20)30-17-5-3-16(4-6-17)26(28)29;;;/h3-8,10-11,14,21,24H,9,12-13H2,1H3;2*1H2;1H/t14-,21+;;;/m0.../s1. The van der Waals surface area contributed by atoms with Crippen LogP contribution in [0.2, 0.25) is 0 Å². The van der Waals surface area contributed by atoms with Crippen LogP contribution in [0.5, 0.6) is 11.5 Å². The topological polar surface area (TPSA) is 92.8 Å². The average molecular weight is 507 g/mol. The first kappa shape index (κ1) is 26.4. The van der Waals surface area contributed by atoms with Crippen LogP contribution < -0.4 is 4.74 Å². The summed E-state index contributed by atoms with van der Waals surface area (Å²) in [7, 11) is 0. The maximum absolute atomic E-state index is 12.8. The second-order valence-electron chi connectivity index (χ2n) is 7.40. The maximum Gasteiger partial charge on any atom is 0.310 e. The SMILES string of the molecule is S.S.[C-]#[N+][C@H]1CSCN1C(=O)[C@@H](C)Cc1c[nH]c2ccc(Oc3ccc([N+](=O)[O-])cc3)cc12.[HH]. The third kappa shape index (κ3) is 5.76. The number of nitrogens with zero attached hydrogens (tertiary/aromatic N) is 3. The number of aromatic amines is 1. The summed E-state index contributed by atoms with van der Waals surface area (Å²) < 4.78 is 5.86. The summed E-state index contributed by atoms with van der Waals surface area (Å²) in [6.45, 7) is 9.17. The monoisotopic (exact) mass is 506 g/mol. The van der Waals surface area contributed by atoms with Gasteiger partial charge in [0.1, 0.15) is 11.5 Å². The Morgan fingerprint density at radius 3 is 2.70 bits per heavy atom. The number of nitro benzene ring substituents is 1. The summed E-state index contributed by atoms with van der Waals surface area (Å²) in [4.78, 5) is 31.6. The number of aromatic nitrogens is 1. The summed E-state index contributed by atoms with van der Waals surface area (Å²) in [5.41, 5.74) is 1.93. The number of H-pyrrole nitrogens is 1. The van der Waals surface area contributed by atoms with Gasteiger partial charge in [0.05, 0.1) is 16.6 Å². The number of amides is 1. The van der Waals surface area contributed by atoms with Crippen molar-refractivity contribution in [3.05, 3.63) is 75.8 Å². The maximum atomic E-state index is 12.8. The molecule has 176 valence electrons.